The number of benzene rings is 2. The number of hydrogen-bond acceptors (Lipinski definition) is 6. The monoisotopic (exact) mass is 415 g/mol. The standard InChI is InChI=1S/C20H21N3O3S2/c1-14-6-3-4-7-15(14)19(24)22-10-12-23(13-11-22)20-21-18-16(27-20)8-5-9-17(18)28(2,25)26/h3-9H,10-13H2,1-2H3. The molecular formula is C20H21N3O3S2. The summed E-state index contributed by atoms with van der Waals surface area (Å²) in [6.07, 6.45) is 1.21. The molecule has 0 aliphatic carbocycles. The zero-order valence-electron chi connectivity index (χ0n) is 15.8. The number of carbonyl (C=O) groups excluding carboxylic acids is 1. The van der Waals surface area contributed by atoms with E-state index in [1.165, 1.54) is 17.6 Å². The van der Waals surface area contributed by atoms with E-state index in [9.17, 15) is 13.2 Å². The highest BCUT2D eigenvalue weighted by Gasteiger charge is 2.25. The molecule has 1 aliphatic heterocycles. The van der Waals surface area contributed by atoms with Gasteiger partial charge < -0.3 is 9.80 Å². The number of aromatic nitrogens is 1. The van der Waals surface area contributed by atoms with Crippen LogP contribution in [0.2, 0.25) is 0 Å². The zero-order chi connectivity index (χ0) is 19.9. The molecule has 3 aromatic rings. The van der Waals surface area contributed by atoms with Gasteiger partial charge in [0.1, 0.15) is 5.52 Å². The molecule has 0 bridgehead atoms. The summed E-state index contributed by atoms with van der Waals surface area (Å²) in [5.74, 6) is 0.0569. The van der Waals surface area contributed by atoms with Gasteiger partial charge >= 0.3 is 0 Å². The Kier molecular flexibility index (Phi) is 4.84. The Morgan fingerprint density at radius 1 is 1.04 bits per heavy atom. The number of fused-ring (bicyclic) bond motifs is 1. The minimum absolute atomic E-state index is 0.0569. The van der Waals surface area contributed by atoms with Gasteiger partial charge in [-0.25, -0.2) is 13.4 Å². The van der Waals surface area contributed by atoms with E-state index in [1.807, 2.05) is 42.2 Å². The van der Waals surface area contributed by atoms with Crippen LogP contribution in [0.1, 0.15) is 15.9 Å². The van der Waals surface area contributed by atoms with Crippen LogP contribution >= 0.6 is 11.3 Å². The number of thiazole rings is 1. The Morgan fingerprint density at radius 2 is 1.75 bits per heavy atom. The van der Waals surface area contributed by atoms with E-state index in [2.05, 4.69) is 9.88 Å². The number of nitrogens with zero attached hydrogens (tertiary/aromatic N) is 3. The average molecular weight is 416 g/mol. The number of sulfone groups is 1. The van der Waals surface area contributed by atoms with Crippen molar-refractivity contribution in [2.75, 3.05) is 37.3 Å². The lowest BCUT2D eigenvalue weighted by atomic mass is 10.1. The van der Waals surface area contributed by atoms with E-state index in [-0.39, 0.29) is 10.8 Å². The minimum atomic E-state index is -3.33. The molecule has 1 saturated heterocycles. The first kappa shape index (κ1) is 18.9. The summed E-state index contributed by atoms with van der Waals surface area (Å²) in [5.41, 5.74) is 2.26. The summed E-state index contributed by atoms with van der Waals surface area (Å²) in [6, 6.07) is 12.9. The third-order valence-corrected chi connectivity index (χ3v) is 7.19. The van der Waals surface area contributed by atoms with Gasteiger partial charge in [-0.2, -0.15) is 0 Å². The predicted molar refractivity (Wildman–Crippen MR) is 112 cm³/mol. The van der Waals surface area contributed by atoms with Gasteiger partial charge in [0, 0.05) is 38.0 Å². The highest BCUT2D eigenvalue weighted by molar-refractivity contribution is 7.91. The quantitative estimate of drug-likeness (QED) is 0.658. The Bertz CT molecular complexity index is 1150. The van der Waals surface area contributed by atoms with Crippen molar-refractivity contribution >= 4 is 42.4 Å². The number of aryl methyl sites for hydroxylation is 1. The molecule has 0 spiro atoms. The minimum Gasteiger partial charge on any atom is -0.345 e. The highest BCUT2D eigenvalue weighted by atomic mass is 32.2. The molecule has 2 heterocycles. The molecule has 1 amide bonds. The fraction of sp³-hybridized carbons (Fsp3) is 0.300. The summed E-state index contributed by atoms with van der Waals surface area (Å²) < 4.78 is 24.9. The molecule has 0 unspecified atom stereocenters. The number of piperazine rings is 1. The predicted octanol–water partition coefficient (Wildman–Crippen LogP) is 2.97. The Hall–Kier alpha value is -2.45. The molecule has 4 rings (SSSR count). The summed E-state index contributed by atoms with van der Waals surface area (Å²) >= 11 is 1.49. The van der Waals surface area contributed by atoms with Crippen molar-refractivity contribution < 1.29 is 13.2 Å². The second-order valence-electron chi connectivity index (χ2n) is 6.97. The summed E-state index contributed by atoms with van der Waals surface area (Å²) in [7, 11) is -3.33. The molecule has 28 heavy (non-hydrogen) atoms. The van der Waals surface area contributed by atoms with Crippen LogP contribution in [0, 0.1) is 6.92 Å². The van der Waals surface area contributed by atoms with Crippen LogP contribution in [0.5, 0.6) is 0 Å². The molecule has 0 radical (unpaired) electrons. The van der Waals surface area contributed by atoms with Gasteiger partial charge in [0.2, 0.25) is 0 Å². The molecule has 6 nitrogen and oxygen atoms in total. The number of anilines is 1. The maximum Gasteiger partial charge on any atom is 0.254 e. The fourth-order valence-corrected chi connectivity index (χ4v) is 5.37. The van der Waals surface area contributed by atoms with E-state index in [0.29, 0.717) is 31.7 Å². The third kappa shape index (κ3) is 3.49. The molecule has 1 aromatic heterocycles. The fourth-order valence-electron chi connectivity index (χ4n) is 3.43. The van der Waals surface area contributed by atoms with Crippen molar-refractivity contribution in [2.45, 2.75) is 11.8 Å². The molecule has 0 atom stereocenters. The van der Waals surface area contributed by atoms with Gasteiger partial charge in [-0.15, -0.1) is 0 Å². The maximum atomic E-state index is 12.8. The van der Waals surface area contributed by atoms with Crippen LogP contribution in [0.4, 0.5) is 5.13 Å². The Balaban J connectivity index is 1.53. The number of carbonyl (C=O) groups is 1. The smallest absolute Gasteiger partial charge is 0.254 e. The molecule has 0 N–H and O–H groups in total. The van der Waals surface area contributed by atoms with E-state index in [1.54, 1.807) is 12.1 Å². The first-order chi connectivity index (χ1) is 13.3. The lowest BCUT2D eigenvalue weighted by molar-refractivity contribution is 0.0746. The van der Waals surface area contributed by atoms with Crippen LogP contribution < -0.4 is 4.90 Å². The molecule has 146 valence electrons. The van der Waals surface area contributed by atoms with Gasteiger partial charge in [-0.05, 0) is 30.7 Å². The van der Waals surface area contributed by atoms with Gasteiger partial charge in [0.25, 0.3) is 5.91 Å². The Labute approximate surface area is 168 Å². The van der Waals surface area contributed by atoms with Crippen molar-refractivity contribution in [1.82, 2.24) is 9.88 Å². The van der Waals surface area contributed by atoms with E-state index < -0.39 is 9.84 Å². The average Bonchev–Trinajstić information content (AvgIpc) is 3.11. The second-order valence-corrected chi connectivity index (χ2v) is 9.96. The van der Waals surface area contributed by atoms with Gasteiger partial charge in [-0.3, -0.25) is 4.79 Å². The lowest BCUT2D eigenvalue weighted by Gasteiger charge is -2.34. The van der Waals surface area contributed by atoms with Gasteiger partial charge in [0.15, 0.2) is 15.0 Å². The van der Waals surface area contributed by atoms with E-state index in [4.69, 9.17) is 0 Å². The summed E-state index contributed by atoms with van der Waals surface area (Å²) in [4.78, 5) is 21.7. The number of hydrogen-bond donors (Lipinski definition) is 0. The van der Waals surface area contributed by atoms with E-state index >= 15 is 0 Å². The SMILES string of the molecule is Cc1ccccc1C(=O)N1CCN(c2nc3c(S(C)(=O)=O)cccc3s2)CC1. The van der Waals surface area contributed by atoms with Crippen LogP contribution in [-0.2, 0) is 9.84 Å². The molecule has 0 saturated carbocycles. The lowest BCUT2D eigenvalue weighted by Crippen LogP contribution is -2.48. The van der Waals surface area contributed by atoms with Gasteiger partial charge in [-0.1, -0.05) is 35.6 Å². The van der Waals surface area contributed by atoms with Crippen molar-refractivity contribution in [1.29, 1.82) is 0 Å². The Morgan fingerprint density at radius 3 is 2.43 bits per heavy atom. The molecule has 1 fully saturated rings. The summed E-state index contributed by atoms with van der Waals surface area (Å²) in [5, 5.41) is 0.800. The van der Waals surface area contributed by atoms with Crippen LogP contribution in [0.25, 0.3) is 10.2 Å². The largest absolute Gasteiger partial charge is 0.345 e. The zero-order valence-corrected chi connectivity index (χ0v) is 17.4. The number of amides is 1. The molecular weight excluding hydrogens is 394 g/mol. The number of rotatable bonds is 3. The molecule has 1 aliphatic rings. The van der Waals surface area contributed by atoms with E-state index in [0.717, 1.165) is 21.0 Å². The normalized spacial score (nSPS) is 15.2. The topological polar surface area (TPSA) is 70.6 Å². The molecule has 2 aromatic carbocycles. The highest BCUT2D eigenvalue weighted by Crippen LogP contribution is 2.33. The molecule has 8 heteroatoms. The maximum absolute atomic E-state index is 12.8. The van der Waals surface area contributed by atoms with Crippen LogP contribution in [-0.4, -0.2) is 56.6 Å². The number of para-hydroxylation sites is 1. The second kappa shape index (κ2) is 7.18. The first-order valence-corrected chi connectivity index (χ1v) is 11.7. The van der Waals surface area contributed by atoms with Crippen molar-refractivity contribution in [3.63, 3.8) is 0 Å². The van der Waals surface area contributed by atoms with Crippen molar-refractivity contribution in [2.24, 2.45) is 0 Å². The van der Waals surface area contributed by atoms with Crippen molar-refractivity contribution in [3.05, 3.63) is 53.6 Å². The first-order valence-electron chi connectivity index (χ1n) is 9.04. The van der Waals surface area contributed by atoms with Crippen molar-refractivity contribution in [3.8, 4) is 0 Å². The van der Waals surface area contributed by atoms with Gasteiger partial charge in [0.05, 0.1) is 9.60 Å². The van der Waals surface area contributed by atoms with Crippen LogP contribution in [0.15, 0.2) is 47.4 Å². The van der Waals surface area contributed by atoms with Crippen LogP contribution in [0.3, 0.4) is 0 Å². The summed E-state index contributed by atoms with van der Waals surface area (Å²) in [6.45, 7) is 4.52. The third-order valence-electron chi connectivity index (χ3n) is 4.98.